The van der Waals surface area contributed by atoms with Crippen LogP contribution < -0.4 is 15.2 Å². The van der Waals surface area contributed by atoms with Crippen LogP contribution >= 0.6 is 11.3 Å². The first-order valence-corrected chi connectivity index (χ1v) is 11.1. The van der Waals surface area contributed by atoms with Crippen LogP contribution in [0.1, 0.15) is 12.0 Å². The minimum absolute atomic E-state index is 0.105. The van der Waals surface area contributed by atoms with E-state index >= 15 is 0 Å². The Balaban J connectivity index is 1.48. The van der Waals surface area contributed by atoms with Crippen molar-refractivity contribution < 1.29 is 13.9 Å². The van der Waals surface area contributed by atoms with Gasteiger partial charge >= 0.3 is 0 Å². The Morgan fingerprint density at radius 2 is 2.03 bits per heavy atom. The van der Waals surface area contributed by atoms with Crippen molar-refractivity contribution in [3.05, 3.63) is 75.9 Å². The van der Waals surface area contributed by atoms with Crippen LogP contribution in [0.3, 0.4) is 0 Å². The number of methoxy groups -OCH3 is 1. The van der Waals surface area contributed by atoms with Crippen molar-refractivity contribution in [3.8, 4) is 16.9 Å². The van der Waals surface area contributed by atoms with Crippen molar-refractivity contribution in [1.82, 2.24) is 9.55 Å². The van der Waals surface area contributed by atoms with E-state index < -0.39 is 0 Å². The molecule has 0 unspecified atom stereocenters. The van der Waals surface area contributed by atoms with Crippen LogP contribution in [-0.4, -0.2) is 29.1 Å². The fourth-order valence-corrected chi connectivity index (χ4v) is 5.02. The second-order valence-electron chi connectivity index (χ2n) is 7.66. The molecule has 162 valence electrons. The molecule has 0 N–H and O–H groups in total. The number of ether oxygens (including phenoxy) is 1. The van der Waals surface area contributed by atoms with E-state index in [0.29, 0.717) is 22.3 Å². The molecule has 1 amide bonds. The number of amides is 1. The summed E-state index contributed by atoms with van der Waals surface area (Å²) in [5.41, 5.74) is 3.06. The minimum atomic E-state index is -0.339. The molecule has 32 heavy (non-hydrogen) atoms. The minimum Gasteiger partial charge on any atom is -0.497 e. The average Bonchev–Trinajstić information content (AvgIpc) is 3.25. The summed E-state index contributed by atoms with van der Waals surface area (Å²) in [6.07, 6.45) is 3.14. The molecule has 0 fully saturated rings. The van der Waals surface area contributed by atoms with Gasteiger partial charge in [0.05, 0.1) is 18.8 Å². The quantitative estimate of drug-likeness (QED) is 0.467. The van der Waals surface area contributed by atoms with Gasteiger partial charge in [-0.1, -0.05) is 12.1 Å². The predicted octanol–water partition coefficient (Wildman–Crippen LogP) is 4.25. The monoisotopic (exact) mass is 449 g/mol. The Labute approximate surface area is 187 Å². The molecule has 0 aliphatic carbocycles. The number of hydrogen-bond acceptors (Lipinski definition) is 5. The molecule has 3 heterocycles. The van der Waals surface area contributed by atoms with Crippen LogP contribution in [0.4, 0.5) is 10.1 Å². The predicted molar refractivity (Wildman–Crippen MR) is 123 cm³/mol. The van der Waals surface area contributed by atoms with Crippen LogP contribution in [0, 0.1) is 5.82 Å². The van der Waals surface area contributed by atoms with E-state index in [9.17, 15) is 14.0 Å². The van der Waals surface area contributed by atoms with E-state index in [4.69, 9.17) is 4.74 Å². The third-order valence-corrected chi connectivity index (χ3v) is 6.61. The Kier molecular flexibility index (Phi) is 5.22. The van der Waals surface area contributed by atoms with Gasteiger partial charge in [-0.2, -0.15) is 0 Å². The maximum atomic E-state index is 13.3. The van der Waals surface area contributed by atoms with Gasteiger partial charge in [0, 0.05) is 23.2 Å². The molecule has 1 aliphatic rings. The van der Waals surface area contributed by atoms with Gasteiger partial charge in [-0.25, -0.2) is 9.37 Å². The zero-order chi connectivity index (χ0) is 22.2. The molecule has 0 saturated heterocycles. The second-order valence-corrected chi connectivity index (χ2v) is 8.52. The first kappa shape index (κ1) is 20.4. The van der Waals surface area contributed by atoms with Gasteiger partial charge in [-0.05, 0) is 54.3 Å². The van der Waals surface area contributed by atoms with E-state index in [1.54, 1.807) is 24.1 Å². The van der Waals surface area contributed by atoms with E-state index in [0.717, 1.165) is 35.4 Å². The van der Waals surface area contributed by atoms with Gasteiger partial charge < -0.3 is 9.64 Å². The summed E-state index contributed by atoms with van der Waals surface area (Å²) in [7, 11) is 1.62. The molecule has 2 aromatic carbocycles. The molecule has 0 saturated carbocycles. The number of fused-ring (bicyclic) bond motifs is 2. The van der Waals surface area contributed by atoms with Crippen LogP contribution in [0.15, 0.2) is 59.0 Å². The molecule has 0 spiro atoms. The number of aromatic nitrogens is 2. The fraction of sp³-hybridized carbons (Fsp3) is 0.208. The van der Waals surface area contributed by atoms with E-state index in [-0.39, 0.29) is 23.8 Å². The van der Waals surface area contributed by atoms with Gasteiger partial charge in [0.1, 0.15) is 22.9 Å². The molecule has 0 radical (unpaired) electrons. The SMILES string of the molecule is COc1ccc2c(c1)CCCN2C(=O)Cn1cnc2scc(-c3ccc(F)cc3)c2c1=O. The first-order valence-electron chi connectivity index (χ1n) is 10.2. The van der Waals surface area contributed by atoms with Crippen molar-refractivity contribution in [3.63, 3.8) is 0 Å². The van der Waals surface area contributed by atoms with E-state index in [1.807, 2.05) is 23.6 Å². The van der Waals surface area contributed by atoms with E-state index in [2.05, 4.69) is 4.98 Å². The lowest BCUT2D eigenvalue weighted by atomic mass is 10.0. The molecular weight excluding hydrogens is 429 g/mol. The highest BCUT2D eigenvalue weighted by molar-refractivity contribution is 7.17. The summed E-state index contributed by atoms with van der Waals surface area (Å²) in [5, 5.41) is 2.29. The standard InChI is InChI=1S/C24H20FN3O3S/c1-31-18-8-9-20-16(11-18)3-2-10-28(20)21(29)12-27-14-26-23-22(24(27)30)19(13-32-23)15-4-6-17(25)7-5-15/h4-9,11,13-14H,2-3,10,12H2,1H3. The Bertz CT molecular complexity index is 1380. The summed E-state index contributed by atoms with van der Waals surface area (Å²) < 4.78 is 20.0. The number of anilines is 1. The van der Waals surface area contributed by atoms with Gasteiger partial charge in [-0.3, -0.25) is 14.2 Å². The highest BCUT2D eigenvalue weighted by Gasteiger charge is 2.24. The highest BCUT2D eigenvalue weighted by Crippen LogP contribution is 2.32. The summed E-state index contributed by atoms with van der Waals surface area (Å²) in [6, 6.07) is 11.7. The maximum absolute atomic E-state index is 13.3. The summed E-state index contributed by atoms with van der Waals surface area (Å²) in [6.45, 7) is 0.494. The molecule has 8 heteroatoms. The van der Waals surface area contributed by atoms with Crippen molar-refractivity contribution in [2.75, 3.05) is 18.6 Å². The number of carbonyl (C=O) groups excluding carboxylic acids is 1. The lowest BCUT2D eigenvalue weighted by Crippen LogP contribution is -2.39. The van der Waals surface area contributed by atoms with Crippen molar-refractivity contribution in [1.29, 1.82) is 0 Å². The third kappa shape index (κ3) is 3.56. The zero-order valence-corrected chi connectivity index (χ0v) is 18.2. The molecule has 1 aliphatic heterocycles. The second kappa shape index (κ2) is 8.20. The van der Waals surface area contributed by atoms with Crippen LogP contribution in [-0.2, 0) is 17.8 Å². The lowest BCUT2D eigenvalue weighted by Gasteiger charge is -2.30. The normalized spacial score (nSPS) is 13.2. The number of carbonyl (C=O) groups is 1. The molecular formula is C24H20FN3O3S. The van der Waals surface area contributed by atoms with Gasteiger partial charge in [0.15, 0.2) is 0 Å². The van der Waals surface area contributed by atoms with Crippen LogP contribution in [0.5, 0.6) is 5.75 Å². The van der Waals surface area contributed by atoms with Crippen molar-refractivity contribution >= 4 is 33.1 Å². The Morgan fingerprint density at radius 3 is 2.81 bits per heavy atom. The summed E-state index contributed by atoms with van der Waals surface area (Å²) in [5.74, 6) is 0.251. The van der Waals surface area contributed by atoms with Crippen molar-refractivity contribution in [2.45, 2.75) is 19.4 Å². The first-order chi connectivity index (χ1) is 15.5. The topological polar surface area (TPSA) is 64.4 Å². The lowest BCUT2D eigenvalue weighted by molar-refractivity contribution is -0.119. The molecule has 0 atom stereocenters. The number of rotatable bonds is 4. The van der Waals surface area contributed by atoms with Gasteiger partial charge in [0.2, 0.25) is 5.91 Å². The smallest absolute Gasteiger partial charge is 0.263 e. The molecule has 5 rings (SSSR count). The van der Waals surface area contributed by atoms with Gasteiger partial charge in [0.25, 0.3) is 5.56 Å². The number of benzene rings is 2. The van der Waals surface area contributed by atoms with Crippen molar-refractivity contribution in [2.24, 2.45) is 0 Å². The molecule has 4 aromatic rings. The summed E-state index contributed by atoms with van der Waals surface area (Å²) in [4.78, 5) is 33.1. The maximum Gasteiger partial charge on any atom is 0.263 e. The average molecular weight is 450 g/mol. The van der Waals surface area contributed by atoms with Crippen LogP contribution in [0.25, 0.3) is 21.3 Å². The third-order valence-electron chi connectivity index (χ3n) is 5.73. The molecule has 0 bridgehead atoms. The Morgan fingerprint density at radius 1 is 1.22 bits per heavy atom. The Hall–Kier alpha value is -3.52. The number of halogens is 1. The largest absolute Gasteiger partial charge is 0.497 e. The highest BCUT2D eigenvalue weighted by atomic mass is 32.1. The number of thiophene rings is 1. The summed E-state index contributed by atoms with van der Waals surface area (Å²) >= 11 is 1.35. The zero-order valence-electron chi connectivity index (χ0n) is 17.4. The molecule has 2 aromatic heterocycles. The van der Waals surface area contributed by atoms with Crippen LogP contribution in [0.2, 0.25) is 0 Å². The number of aryl methyl sites for hydroxylation is 1. The fourth-order valence-electron chi connectivity index (χ4n) is 4.11. The number of hydrogen-bond donors (Lipinski definition) is 0. The van der Waals surface area contributed by atoms with E-state index in [1.165, 1.54) is 34.4 Å². The van der Waals surface area contributed by atoms with Gasteiger partial charge in [-0.15, -0.1) is 11.3 Å². The molecule has 6 nitrogen and oxygen atoms in total. The number of nitrogens with zero attached hydrogens (tertiary/aromatic N) is 3.